The van der Waals surface area contributed by atoms with Gasteiger partial charge in [-0.05, 0) is 26.8 Å². The molecule has 5 nitrogen and oxygen atoms in total. The second-order valence-electron chi connectivity index (χ2n) is 5.61. The Balaban J connectivity index is 3.03. The van der Waals surface area contributed by atoms with Gasteiger partial charge in [-0.15, -0.1) is 0 Å². The number of hydrogen-bond acceptors (Lipinski definition) is 3. The number of aromatic nitrogens is 1. The van der Waals surface area contributed by atoms with Gasteiger partial charge in [-0.2, -0.15) is 0 Å². The van der Waals surface area contributed by atoms with Crippen molar-refractivity contribution >= 4 is 17.1 Å². The molecular formula is C14H12F3NO4. The zero-order chi connectivity index (χ0) is 16.8. The van der Waals surface area contributed by atoms with Gasteiger partial charge in [-0.1, -0.05) is 0 Å². The summed E-state index contributed by atoms with van der Waals surface area (Å²) in [6.07, 6.45) is -0.792. The van der Waals surface area contributed by atoms with E-state index >= 15 is 0 Å². The molecule has 2 rings (SSSR count). The van der Waals surface area contributed by atoms with E-state index < -0.39 is 51.2 Å². The number of hydrogen-bond donors (Lipinski definition) is 1. The lowest BCUT2D eigenvalue weighted by Crippen LogP contribution is -2.27. The molecule has 0 aliphatic carbocycles. The molecule has 0 saturated carbocycles. The first-order valence-electron chi connectivity index (χ1n) is 6.18. The van der Waals surface area contributed by atoms with Crippen LogP contribution < -0.4 is 10.2 Å². The highest BCUT2D eigenvalue weighted by molar-refractivity contribution is 5.82. The van der Waals surface area contributed by atoms with Crippen LogP contribution in [0.4, 0.5) is 18.0 Å². The topological polar surface area (TPSA) is 68.5 Å². The van der Waals surface area contributed by atoms with Crippen molar-refractivity contribution in [1.29, 1.82) is 0 Å². The van der Waals surface area contributed by atoms with Crippen molar-refractivity contribution in [2.45, 2.75) is 26.3 Å². The van der Waals surface area contributed by atoms with Gasteiger partial charge in [0.05, 0.1) is 17.1 Å². The third-order valence-electron chi connectivity index (χ3n) is 3.01. The molecule has 0 atom stereocenters. The zero-order valence-electron chi connectivity index (χ0n) is 11.9. The van der Waals surface area contributed by atoms with E-state index in [1.54, 1.807) is 20.8 Å². The van der Waals surface area contributed by atoms with Crippen LogP contribution in [0.15, 0.2) is 17.1 Å². The number of ether oxygens (including phenoxy) is 1. The number of benzene rings is 1. The van der Waals surface area contributed by atoms with E-state index in [9.17, 15) is 22.8 Å². The van der Waals surface area contributed by atoms with Crippen LogP contribution in [-0.2, 0) is 5.54 Å². The van der Waals surface area contributed by atoms with E-state index in [-0.39, 0.29) is 0 Å². The van der Waals surface area contributed by atoms with Crippen molar-refractivity contribution in [2.24, 2.45) is 0 Å². The van der Waals surface area contributed by atoms with Gasteiger partial charge in [0.25, 0.3) is 0 Å². The van der Waals surface area contributed by atoms with Crippen LogP contribution in [0.5, 0.6) is 5.75 Å². The number of fused-ring (bicyclic) bond motifs is 1. The molecule has 1 aromatic carbocycles. The molecule has 0 saturated heterocycles. The van der Waals surface area contributed by atoms with Crippen molar-refractivity contribution in [1.82, 2.24) is 4.57 Å². The van der Waals surface area contributed by atoms with Crippen molar-refractivity contribution < 1.29 is 27.8 Å². The number of rotatable bonds is 1. The minimum atomic E-state index is -1.75. The van der Waals surface area contributed by atoms with Gasteiger partial charge in [-0.25, -0.2) is 18.0 Å². The highest BCUT2D eigenvalue weighted by Gasteiger charge is 2.25. The number of nitrogens with zero attached hydrogens (tertiary/aromatic N) is 1. The Bertz CT molecular complexity index is 837. The first-order chi connectivity index (χ1) is 10.0. The number of carbonyl (C=O) groups is 1. The Labute approximate surface area is 122 Å². The van der Waals surface area contributed by atoms with Crippen LogP contribution in [0.1, 0.15) is 20.8 Å². The molecule has 0 radical (unpaired) electrons. The maximum Gasteiger partial charge on any atom is 0.511 e. The third-order valence-corrected chi connectivity index (χ3v) is 3.01. The Morgan fingerprint density at radius 2 is 1.82 bits per heavy atom. The summed E-state index contributed by atoms with van der Waals surface area (Å²) >= 11 is 0. The molecule has 0 fully saturated rings. The van der Waals surface area contributed by atoms with Gasteiger partial charge in [0.2, 0.25) is 5.43 Å². The summed E-state index contributed by atoms with van der Waals surface area (Å²) in [5, 5.41) is 8.12. The second-order valence-corrected chi connectivity index (χ2v) is 5.61. The molecule has 8 heteroatoms. The molecule has 0 aliphatic heterocycles. The first-order valence-corrected chi connectivity index (χ1v) is 6.18. The minimum absolute atomic E-state index is 0.464. The van der Waals surface area contributed by atoms with Crippen LogP contribution in [0.3, 0.4) is 0 Å². The van der Waals surface area contributed by atoms with Crippen molar-refractivity contribution in [3.05, 3.63) is 39.9 Å². The zero-order valence-corrected chi connectivity index (χ0v) is 11.9. The number of halogens is 3. The molecule has 2 aromatic rings. The van der Waals surface area contributed by atoms with Crippen LogP contribution >= 0.6 is 0 Å². The molecule has 0 amide bonds. The Morgan fingerprint density at radius 1 is 1.23 bits per heavy atom. The smallest absolute Gasteiger partial charge is 0.449 e. The highest BCUT2D eigenvalue weighted by Crippen LogP contribution is 2.28. The average Bonchev–Trinajstić information content (AvgIpc) is 2.38. The lowest BCUT2D eigenvalue weighted by atomic mass is 10.1. The summed E-state index contributed by atoms with van der Waals surface area (Å²) < 4.78 is 46.4. The molecule has 1 heterocycles. The maximum absolute atomic E-state index is 14.1. The van der Waals surface area contributed by atoms with Gasteiger partial charge < -0.3 is 14.4 Å². The monoisotopic (exact) mass is 315 g/mol. The lowest BCUT2D eigenvalue weighted by Gasteiger charge is -2.26. The molecule has 0 spiro atoms. The van der Waals surface area contributed by atoms with Crippen LogP contribution in [0, 0.1) is 17.5 Å². The van der Waals surface area contributed by atoms with E-state index in [2.05, 4.69) is 4.74 Å². The van der Waals surface area contributed by atoms with Crippen molar-refractivity contribution in [3.8, 4) is 5.75 Å². The fraction of sp³-hybridized carbons (Fsp3) is 0.286. The van der Waals surface area contributed by atoms with Gasteiger partial charge in [0.1, 0.15) is 0 Å². The number of pyridine rings is 1. The highest BCUT2D eigenvalue weighted by atomic mass is 19.2. The molecule has 0 unspecified atom stereocenters. The van der Waals surface area contributed by atoms with Crippen LogP contribution in [0.25, 0.3) is 10.9 Å². The fourth-order valence-corrected chi connectivity index (χ4v) is 2.06. The van der Waals surface area contributed by atoms with Crippen LogP contribution in [-0.4, -0.2) is 15.8 Å². The lowest BCUT2D eigenvalue weighted by molar-refractivity contribution is 0.143. The van der Waals surface area contributed by atoms with Crippen molar-refractivity contribution in [3.63, 3.8) is 0 Å². The second kappa shape index (κ2) is 5.04. The summed E-state index contributed by atoms with van der Waals surface area (Å²) in [7, 11) is 0. The van der Waals surface area contributed by atoms with Gasteiger partial charge in [0.15, 0.2) is 23.2 Å². The van der Waals surface area contributed by atoms with E-state index in [4.69, 9.17) is 5.11 Å². The first kappa shape index (κ1) is 15.9. The molecule has 0 bridgehead atoms. The Kier molecular flexibility index (Phi) is 3.64. The average molecular weight is 315 g/mol. The SMILES string of the molecule is CC(C)(C)n1cc(OC(=O)O)c(=O)c2cc(F)c(F)c(F)c21. The standard InChI is InChI=1S/C14H12F3NO4/c1-14(2,3)18-5-8(22-13(20)21)12(19)6-4-7(15)9(16)10(17)11(6)18/h4-5H,1-3H3,(H,20,21). The Hall–Kier alpha value is -2.51. The normalized spacial score (nSPS) is 11.7. The van der Waals surface area contributed by atoms with E-state index in [0.717, 1.165) is 10.8 Å². The van der Waals surface area contributed by atoms with Gasteiger partial charge in [0, 0.05) is 5.54 Å². The van der Waals surface area contributed by atoms with Gasteiger partial charge >= 0.3 is 6.16 Å². The minimum Gasteiger partial charge on any atom is -0.449 e. The fourth-order valence-electron chi connectivity index (χ4n) is 2.06. The van der Waals surface area contributed by atoms with E-state index in [1.165, 1.54) is 0 Å². The van der Waals surface area contributed by atoms with Crippen molar-refractivity contribution in [2.75, 3.05) is 0 Å². The maximum atomic E-state index is 14.1. The molecule has 1 aromatic heterocycles. The quantitative estimate of drug-likeness (QED) is 0.648. The van der Waals surface area contributed by atoms with Gasteiger partial charge in [-0.3, -0.25) is 4.79 Å². The third kappa shape index (κ3) is 2.51. The Morgan fingerprint density at radius 3 is 2.32 bits per heavy atom. The molecule has 22 heavy (non-hydrogen) atoms. The van der Waals surface area contributed by atoms with Crippen LogP contribution in [0.2, 0.25) is 0 Å². The summed E-state index contributed by atoms with van der Waals surface area (Å²) in [6, 6.07) is 0.521. The summed E-state index contributed by atoms with van der Waals surface area (Å²) in [5.41, 5.74) is -2.36. The number of carboxylic acid groups (broad SMARTS) is 1. The summed E-state index contributed by atoms with van der Waals surface area (Å²) in [4.78, 5) is 22.7. The van der Waals surface area contributed by atoms with E-state index in [0.29, 0.717) is 6.07 Å². The van der Waals surface area contributed by atoms with E-state index in [1.807, 2.05) is 0 Å². The predicted octanol–water partition coefficient (Wildman–Crippen LogP) is 3.23. The largest absolute Gasteiger partial charge is 0.511 e. The predicted molar refractivity (Wildman–Crippen MR) is 71.7 cm³/mol. The summed E-state index contributed by atoms with van der Waals surface area (Å²) in [6.45, 7) is 4.84. The molecular weight excluding hydrogens is 303 g/mol. The molecule has 118 valence electrons. The molecule has 1 N–H and O–H groups in total. The molecule has 0 aliphatic rings. The summed E-state index contributed by atoms with van der Waals surface area (Å²) in [5.74, 6) is -5.41.